The van der Waals surface area contributed by atoms with Gasteiger partial charge in [0.1, 0.15) is 6.54 Å². The molecule has 1 heteroatoms. The van der Waals surface area contributed by atoms with Crippen LogP contribution in [0.15, 0.2) is 18.2 Å². The fraction of sp³-hybridized carbons (Fsp3) is 0.583. The van der Waals surface area contributed by atoms with E-state index in [-0.39, 0.29) is 0 Å². The lowest BCUT2D eigenvalue weighted by atomic mass is 10.2. The van der Waals surface area contributed by atoms with Gasteiger partial charge in [-0.05, 0) is 6.07 Å². The van der Waals surface area contributed by atoms with Gasteiger partial charge in [0.15, 0.2) is 11.4 Å². The Kier molecular flexibility index (Phi) is 3.94. The van der Waals surface area contributed by atoms with Crippen LogP contribution >= 0.6 is 0 Å². The second kappa shape index (κ2) is 5.00. The van der Waals surface area contributed by atoms with Crippen LogP contribution in [0.25, 0.3) is 0 Å². The number of nitrogens with zero attached hydrogens (tertiary/aromatic N) is 1. The van der Waals surface area contributed by atoms with E-state index in [1.165, 1.54) is 30.8 Å². The molecule has 0 saturated heterocycles. The molecule has 0 radical (unpaired) electrons. The van der Waals surface area contributed by atoms with Crippen molar-refractivity contribution in [3.8, 4) is 0 Å². The largest absolute Gasteiger partial charge is 0.200 e. The molecule has 13 heavy (non-hydrogen) atoms. The molecule has 0 unspecified atom stereocenters. The van der Waals surface area contributed by atoms with Crippen molar-refractivity contribution in [3.05, 3.63) is 29.6 Å². The van der Waals surface area contributed by atoms with E-state index in [0.717, 1.165) is 6.42 Å². The van der Waals surface area contributed by atoms with E-state index in [9.17, 15) is 0 Å². The molecule has 1 rings (SSSR count). The first-order valence-electron chi connectivity index (χ1n) is 5.28. The van der Waals surface area contributed by atoms with Gasteiger partial charge >= 0.3 is 0 Å². The van der Waals surface area contributed by atoms with Gasteiger partial charge in [-0.3, -0.25) is 0 Å². The lowest BCUT2D eigenvalue weighted by Gasteiger charge is -2.04. The molecule has 1 nitrogen and oxygen atoms in total. The van der Waals surface area contributed by atoms with Crippen LogP contribution in [0.5, 0.6) is 0 Å². The van der Waals surface area contributed by atoms with Crippen LogP contribution in [-0.2, 0) is 13.0 Å². The van der Waals surface area contributed by atoms with Gasteiger partial charge in [0.25, 0.3) is 0 Å². The lowest BCUT2D eigenvalue weighted by Crippen LogP contribution is -2.41. The summed E-state index contributed by atoms with van der Waals surface area (Å²) in [6, 6.07) is 6.56. The highest BCUT2D eigenvalue weighted by atomic mass is 15.0. The third-order valence-corrected chi connectivity index (χ3v) is 2.50. The Hall–Kier alpha value is -0.850. The number of hydrogen-bond acceptors (Lipinski definition) is 0. The average molecular weight is 178 g/mol. The Morgan fingerprint density at radius 2 is 2.00 bits per heavy atom. The predicted molar refractivity (Wildman–Crippen MR) is 55.7 cm³/mol. The van der Waals surface area contributed by atoms with Gasteiger partial charge in [-0.2, -0.15) is 0 Å². The highest BCUT2D eigenvalue weighted by Crippen LogP contribution is 1.98. The molecular formula is C12H20N+. The highest BCUT2D eigenvalue weighted by molar-refractivity contribution is 5.02. The number of aryl methyl sites for hydroxylation is 2. The second-order valence-corrected chi connectivity index (χ2v) is 3.52. The smallest absolute Gasteiger partial charge is 0.181 e. The van der Waals surface area contributed by atoms with E-state index in [4.69, 9.17) is 0 Å². The topological polar surface area (TPSA) is 3.88 Å². The third kappa shape index (κ3) is 2.55. The molecular weight excluding hydrogens is 158 g/mol. The van der Waals surface area contributed by atoms with Crippen molar-refractivity contribution < 1.29 is 4.57 Å². The fourth-order valence-electron chi connectivity index (χ4n) is 1.65. The minimum Gasteiger partial charge on any atom is -0.200 e. The zero-order valence-corrected chi connectivity index (χ0v) is 9.01. The van der Waals surface area contributed by atoms with E-state index in [0.29, 0.717) is 0 Å². The molecule has 0 N–H and O–H groups in total. The van der Waals surface area contributed by atoms with Gasteiger partial charge in [-0.1, -0.05) is 20.3 Å². The molecule has 0 amide bonds. The summed E-state index contributed by atoms with van der Waals surface area (Å²) < 4.78 is 2.43. The minimum atomic E-state index is 1.13. The molecule has 1 heterocycles. The highest BCUT2D eigenvalue weighted by Gasteiger charge is 2.10. The van der Waals surface area contributed by atoms with E-state index in [2.05, 4.69) is 43.5 Å². The molecule has 1 aromatic heterocycles. The van der Waals surface area contributed by atoms with Gasteiger partial charge in [0.2, 0.25) is 0 Å². The van der Waals surface area contributed by atoms with Crippen LogP contribution in [0, 0.1) is 6.92 Å². The lowest BCUT2D eigenvalue weighted by molar-refractivity contribution is -0.710. The maximum absolute atomic E-state index is 2.43. The van der Waals surface area contributed by atoms with Gasteiger partial charge in [-0.15, -0.1) is 0 Å². The van der Waals surface area contributed by atoms with Gasteiger partial charge in [-0.25, -0.2) is 4.57 Å². The molecule has 0 fully saturated rings. The number of hydrogen-bond donors (Lipinski definition) is 0. The summed E-state index contributed by atoms with van der Waals surface area (Å²) in [5.41, 5.74) is 2.83. The zero-order valence-electron chi connectivity index (χ0n) is 9.01. The Morgan fingerprint density at radius 3 is 2.62 bits per heavy atom. The fourth-order valence-corrected chi connectivity index (χ4v) is 1.65. The molecule has 72 valence electrons. The number of pyridine rings is 1. The van der Waals surface area contributed by atoms with Crippen LogP contribution in [0.3, 0.4) is 0 Å². The monoisotopic (exact) mass is 178 g/mol. The van der Waals surface area contributed by atoms with Gasteiger partial charge in [0.05, 0.1) is 0 Å². The second-order valence-electron chi connectivity index (χ2n) is 3.52. The van der Waals surface area contributed by atoms with Crippen LogP contribution in [0.4, 0.5) is 0 Å². The van der Waals surface area contributed by atoms with Gasteiger partial charge in [0, 0.05) is 31.9 Å². The summed E-state index contributed by atoms with van der Waals surface area (Å²) in [6.45, 7) is 7.82. The summed E-state index contributed by atoms with van der Waals surface area (Å²) in [6.07, 6.45) is 3.68. The SMILES string of the molecule is CCCC[n+]1c(C)cccc1CC. The predicted octanol–water partition coefficient (Wildman–Crippen LogP) is 2.65. The van der Waals surface area contributed by atoms with Crippen molar-refractivity contribution in [1.82, 2.24) is 0 Å². The first-order valence-corrected chi connectivity index (χ1v) is 5.28. The Bertz CT molecular complexity index is 266. The van der Waals surface area contributed by atoms with E-state index in [1.807, 2.05) is 0 Å². The molecule has 1 aromatic rings. The van der Waals surface area contributed by atoms with Crippen LogP contribution in [-0.4, -0.2) is 0 Å². The maximum atomic E-state index is 2.43. The van der Waals surface area contributed by atoms with Crippen LogP contribution in [0.2, 0.25) is 0 Å². The Labute approximate surface area is 81.4 Å². The molecule has 0 saturated carbocycles. The van der Waals surface area contributed by atoms with Crippen molar-refractivity contribution in [1.29, 1.82) is 0 Å². The van der Waals surface area contributed by atoms with Crippen LogP contribution < -0.4 is 4.57 Å². The number of aromatic nitrogens is 1. The third-order valence-electron chi connectivity index (χ3n) is 2.50. The molecule has 0 spiro atoms. The van der Waals surface area contributed by atoms with E-state index < -0.39 is 0 Å². The Morgan fingerprint density at radius 1 is 1.23 bits per heavy atom. The summed E-state index contributed by atoms with van der Waals surface area (Å²) in [7, 11) is 0. The van der Waals surface area contributed by atoms with Crippen molar-refractivity contribution in [3.63, 3.8) is 0 Å². The van der Waals surface area contributed by atoms with Crippen molar-refractivity contribution >= 4 is 0 Å². The molecule has 0 aliphatic heterocycles. The summed E-state index contributed by atoms with van der Waals surface area (Å²) >= 11 is 0. The summed E-state index contributed by atoms with van der Waals surface area (Å²) in [4.78, 5) is 0. The number of unbranched alkanes of at least 4 members (excludes halogenated alkanes) is 1. The normalized spacial score (nSPS) is 10.4. The van der Waals surface area contributed by atoms with Crippen LogP contribution in [0.1, 0.15) is 38.1 Å². The first-order chi connectivity index (χ1) is 6.29. The first kappa shape index (κ1) is 10.2. The summed E-state index contributed by atoms with van der Waals surface area (Å²) in [5.74, 6) is 0. The van der Waals surface area contributed by atoms with Crippen molar-refractivity contribution in [2.45, 2.75) is 46.6 Å². The Balaban J connectivity index is 2.87. The number of rotatable bonds is 4. The standard InChI is InChI=1S/C12H20N/c1-4-6-10-13-11(3)8-7-9-12(13)5-2/h7-9H,4-6,10H2,1-3H3/q+1. The summed E-state index contributed by atoms with van der Waals surface area (Å²) in [5, 5.41) is 0. The molecule has 0 bridgehead atoms. The van der Waals surface area contributed by atoms with Crippen molar-refractivity contribution in [2.75, 3.05) is 0 Å². The molecule has 0 aromatic carbocycles. The zero-order chi connectivity index (χ0) is 9.68. The quantitative estimate of drug-likeness (QED) is 0.624. The minimum absolute atomic E-state index is 1.13. The molecule has 0 aliphatic rings. The maximum Gasteiger partial charge on any atom is 0.181 e. The molecule has 0 aliphatic carbocycles. The van der Waals surface area contributed by atoms with Crippen molar-refractivity contribution in [2.24, 2.45) is 0 Å². The van der Waals surface area contributed by atoms with E-state index in [1.54, 1.807) is 0 Å². The average Bonchev–Trinajstić information content (AvgIpc) is 2.15. The van der Waals surface area contributed by atoms with Gasteiger partial charge < -0.3 is 0 Å². The van der Waals surface area contributed by atoms with E-state index >= 15 is 0 Å². The molecule has 0 atom stereocenters.